The molecule has 9 heteroatoms. The average molecular weight is 486 g/mol. The van der Waals surface area contributed by atoms with Gasteiger partial charge in [0.25, 0.3) is 0 Å². The van der Waals surface area contributed by atoms with Crippen LogP contribution in [0.15, 0.2) is 46.2 Å². The minimum atomic E-state index is 0.0976. The van der Waals surface area contributed by atoms with Crippen LogP contribution in [0.4, 0.5) is 5.69 Å². The highest BCUT2D eigenvalue weighted by Gasteiger charge is 2.24. The molecule has 1 fully saturated rings. The summed E-state index contributed by atoms with van der Waals surface area (Å²) in [6.07, 6.45) is 5.98. The third-order valence-corrected chi connectivity index (χ3v) is 7.61. The van der Waals surface area contributed by atoms with Crippen LogP contribution in [-0.4, -0.2) is 45.5 Å². The molecule has 0 bridgehead atoms. The van der Waals surface area contributed by atoms with Gasteiger partial charge in [0.05, 0.1) is 19.4 Å². The highest BCUT2D eigenvalue weighted by molar-refractivity contribution is 7.99. The fourth-order valence-electron chi connectivity index (χ4n) is 4.13. The molecule has 1 saturated carbocycles. The molecular weight excluding hydrogens is 454 g/mol. The summed E-state index contributed by atoms with van der Waals surface area (Å²) in [4.78, 5) is 14.5. The second-order valence-electron chi connectivity index (χ2n) is 8.32. The highest BCUT2D eigenvalue weighted by atomic mass is 32.2. The predicted molar refractivity (Wildman–Crippen MR) is 134 cm³/mol. The molecule has 0 aliphatic heterocycles. The van der Waals surface area contributed by atoms with Crippen molar-refractivity contribution in [2.45, 2.75) is 56.4 Å². The molecule has 1 aliphatic rings. The summed E-state index contributed by atoms with van der Waals surface area (Å²) < 4.78 is 7.59. The van der Waals surface area contributed by atoms with E-state index in [1.54, 1.807) is 23.3 Å². The van der Waals surface area contributed by atoms with Gasteiger partial charge in [0.1, 0.15) is 5.75 Å². The zero-order chi connectivity index (χ0) is 23.0. The van der Waals surface area contributed by atoms with E-state index in [2.05, 4.69) is 31.5 Å². The van der Waals surface area contributed by atoms with E-state index in [0.29, 0.717) is 24.9 Å². The third-order valence-electron chi connectivity index (χ3n) is 5.95. The van der Waals surface area contributed by atoms with Gasteiger partial charge < -0.3 is 19.5 Å². The van der Waals surface area contributed by atoms with Gasteiger partial charge in [0.15, 0.2) is 11.0 Å². The largest absolute Gasteiger partial charge is 0.497 e. The van der Waals surface area contributed by atoms with Crippen LogP contribution >= 0.6 is 23.1 Å². The summed E-state index contributed by atoms with van der Waals surface area (Å²) >= 11 is 3.14. The number of ether oxygens (including phenoxy) is 1. The van der Waals surface area contributed by atoms with Crippen molar-refractivity contribution >= 4 is 34.7 Å². The standard InChI is InChI=1S/C24H31N5O2S2/c1-28(15-18-11-12-32-16-18)23(30)17-33-24-27-26-22(29(24)20-8-4-3-5-9-20)14-25-19-7-6-10-21(13-19)31-2/h6-7,10-13,16,20,25H,3-5,8-9,14-15,17H2,1-2H3. The maximum Gasteiger partial charge on any atom is 0.233 e. The molecule has 1 N–H and O–H groups in total. The lowest BCUT2D eigenvalue weighted by Gasteiger charge is -2.26. The number of amides is 1. The van der Waals surface area contributed by atoms with Crippen LogP contribution in [0.1, 0.15) is 49.5 Å². The topological polar surface area (TPSA) is 72.3 Å². The Kier molecular flexibility index (Phi) is 8.28. The second kappa shape index (κ2) is 11.6. The first-order valence-corrected chi connectivity index (χ1v) is 13.3. The van der Waals surface area contributed by atoms with Crippen LogP contribution < -0.4 is 10.1 Å². The zero-order valence-electron chi connectivity index (χ0n) is 19.2. The Balaban J connectivity index is 1.44. The molecule has 0 saturated heterocycles. The predicted octanol–water partition coefficient (Wildman–Crippen LogP) is 5.22. The van der Waals surface area contributed by atoms with E-state index >= 15 is 0 Å². The number of nitrogens with one attached hydrogen (secondary N) is 1. The van der Waals surface area contributed by atoms with E-state index in [1.165, 1.54) is 31.0 Å². The van der Waals surface area contributed by atoms with E-state index in [4.69, 9.17) is 4.74 Å². The Morgan fingerprint density at radius 3 is 2.88 bits per heavy atom. The van der Waals surface area contributed by atoms with Gasteiger partial charge in [-0.3, -0.25) is 4.79 Å². The van der Waals surface area contributed by atoms with Crippen molar-refractivity contribution in [2.75, 3.05) is 25.2 Å². The minimum absolute atomic E-state index is 0.0976. The highest BCUT2D eigenvalue weighted by Crippen LogP contribution is 2.33. The Morgan fingerprint density at radius 2 is 2.12 bits per heavy atom. The van der Waals surface area contributed by atoms with Crippen molar-refractivity contribution in [1.82, 2.24) is 19.7 Å². The smallest absolute Gasteiger partial charge is 0.233 e. The monoisotopic (exact) mass is 485 g/mol. The summed E-state index contributed by atoms with van der Waals surface area (Å²) in [5.74, 6) is 2.18. The summed E-state index contributed by atoms with van der Waals surface area (Å²) in [5.41, 5.74) is 2.14. The number of hydrogen-bond acceptors (Lipinski definition) is 7. The molecule has 2 heterocycles. The average Bonchev–Trinajstić information content (AvgIpc) is 3.51. The molecule has 1 aromatic carbocycles. The maximum absolute atomic E-state index is 12.7. The molecule has 0 radical (unpaired) electrons. The number of rotatable bonds is 10. The van der Waals surface area contributed by atoms with E-state index in [9.17, 15) is 4.79 Å². The van der Waals surface area contributed by atoms with Gasteiger partial charge in [-0.15, -0.1) is 10.2 Å². The lowest BCUT2D eigenvalue weighted by Crippen LogP contribution is -2.28. The molecule has 3 aromatic rings. The lowest BCUT2D eigenvalue weighted by molar-refractivity contribution is -0.127. The van der Waals surface area contributed by atoms with Crippen molar-refractivity contribution < 1.29 is 9.53 Å². The number of thiophene rings is 1. The minimum Gasteiger partial charge on any atom is -0.497 e. The summed E-state index contributed by atoms with van der Waals surface area (Å²) in [5, 5.41) is 17.4. The third kappa shape index (κ3) is 6.29. The molecule has 4 rings (SSSR count). The SMILES string of the molecule is COc1cccc(NCc2nnc(SCC(=O)N(C)Cc3ccsc3)n2C2CCCCC2)c1. The Hall–Kier alpha value is -2.52. The second-order valence-corrected chi connectivity index (χ2v) is 10.0. The van der Waals surface area contributed by atoms with Crippen LogP contribution in [0.5, 0.6) is 5.75 Å². The van der Waals surface area contributed by atoms with Gasteiger partial charge in [0, 0.05) is 31.4 Å². The summed E-state index contributed by atoms with van der Waals surface area (Å²) in [6, 6.07) is 10.3. The van der Waals surface area contributed by atoms with Crippen molar-refractivity contribution in [2.24, 2.45) is 0 Å². The molecule has 7 nitrogen and oxygen atoms in total. The van der Waals surface area contributed by atoms with E-state index in [0.717, 1.165) is 40.8 Å². The molecule has 0 atom stereocenters. The van der Waals surface area contributed by atoms with Crippen molar-refractivity contribution in [3.8, 4) is 5.75 Å². The number of benzene rings is 1. The Morgan fingerprint density at radius 1 is 1.27 bits per heavy atom. The van der Waals surface area contributed by atoms with Gasteiger partial charge in [-0.2, -0.15) is 11.3 Å². The summed E-state index contributed by atoms with van der Waals surface area (Å²) in [6.45, 7) is 1.21. The normalized spacial score (nSPS) is 14.2. The lowest BCUT2D eigenvalue weighted by atomic mass is 9.95. The quantitative estimate of drug-likeness (QED) is 0.397. The molecule has 33 heavy (non-hydrogen) atoms. The van der Waals surface area contributed by atoms with Crippen LogP contribution in [0.3, 0.4) is 0 Å². The van der Waals surface area contributed by atoms with E-state index < -0.39 is 0 Å². The Labute approximate surface area is 203 Å². The number of hydrogen-bond donors (Lipinski definition) is 1. The molecule has 1 amide bonds. The van der Waals surface area contributed by atoms with E-state index in [1.807, 2.05) is 36.7 Å². The number of carbonyl (C=O) groups excluding carboxylic acids is 1. The fraction of sp³-hybridized carbons (Fsp3) is 0.458. The maximum atomic E-state index is 12.7. The Bertz CT molecular complexity index is 1030. The number of thioether (sulfide) groups is 1. The molecular formula is C24H31N5O2S2. The number of nitrogens with zero attached hydrogens (tertiary/aromatic N) is 4. The summed E-state index contributed by atoms with van der Waals surface area (Å²) in [7, 11) is 3.53. The number of carbonyl (C=O) groups is 1. The van der Waals surface area contributed by atoms with Crippen molar-refractivity contribution in [3.05, 3.63) is 52.5 Å². The first kappa shape index (κ1) is 23.6. The van der Waals surface area contributed by atoms with Crippen LogP contribution in [-0.2, 0) is 17.9 Å². The van der Waals surface area contributed by atoms with Gasteiger partial charge >= 0.3 is 0 Å². The number of aromatic nitrogens is 3. The molecule has 0 spiro atoms. The van der Waals surface area contributed by atoms with Crippen LogP contribution in [0.2, 0.25) is 0 Å². The molecule has 176 valence electrons. The van der Waals surface area contributed by atoms with Crippen molar-refractivity contribution in [3.63, 3.8) is 0 Å². The number of methoxy groups -OCH3 is 1. The first-order valence-electron chi connectivity index (χ1n) is 11.3. The fourth-order valence-corrected chi connectivity index (χ4v) is 5.75. The van der Waals surface area contributed by atoms with Gasteiger partial charge in [-0.25, -0.2) is 0 Å². The van der Waals surface area contributed by atoms with Gasteiger partial charge in [-0.1, -0.05) is 37.1 Å². The number of anilines is 1. The van der Waals surface area contributed by atoms with Crippen LogP contribution in [0.25, 0.3) is 0 Å². The first-order chi connectivity index (χ1) is 16.1. The van der Waals surface area contributed by atoms with Crippen LogP contribution in [0, 0.1) is 0 Å². The van der Waals surface area contributed by atoms with Gasteiger partial charge in [-0.05, 0) is 47.4 Å². The van der Waals surface area contributed by atoms with Gasteiger partial charge in [0.2, 0.25) is 5.91 Å². The molecule has 1 aliphatic carbocycles. The molecule has 2 aromatic heterocycles. The van der Waals surface area contributed by atoms with E-state index in [-0.39, 0.29) is 5.91 Å². The van der Waals surface area contributed by atoms with Crippen molar-refractivity contribution in [1.29, 1.82) is 0 Å². The zero-order valence-corrected chi connectivity index (χ0v) is 20.8. The molecule has 0 unspecified atom stereocenters.